The monoisotopic (exact) mass is 492 g/mol. The van der Waals surface area contributed by atoms with Gasteiger partial charge in [0.15, 0.2) is 0 Å². The highest BCUT2D eigenvalue weighted by molar-refractivity contribution is 7.89. The first-order valence-electron chi connectivity index (χ1n) is 12.7. The number of hydrogen-bond acceptors (Lipinski definition) is 6. The van der Waals surface area contributed by atoms with Gasteiger partial charge in [-0.05, 0) is 75.3 Å². The number of rotatable bonds is 7. The van der Waals surface area contributed by atoms with Gasteiger partial charge in [-0.15, -0.1) is 0 Å². The number of sulfonamides is 1. The third-order valence-corrected chi connectivity index (χ3v) is 9.50. The number of nitrogens with zero attached hydrogens (tertiary/aromatic N) is 2. The van der Waals surface area contributed by atoms with Gasteiger partial charge >= 0.3 is 0 Å². The number of fused-ring (bicyclic) bond motifs is 1. The van der Waals surface area contributed by atoms with E-state index < -0.39 is 16.1 Å². The standard InChI is InChI=1S/C26H40N2O5S/c1-19-15-28(20(2)18-29)34(30,31)26-9-8-23(22-6-4-5-7-22)14-24(26)33-25(19)17-27(3)16-21-10-12-32-13-11-21/h6,8-9,14,19-21,25,29H,4-5,7,10-13,15-18H2,1-3H3/t19-,20-,25+/m0/s1. The summed E-state index contributed by atoms with van der Waals surface area (Å²) >= 11 is 0. The van der Waals surface area contributed by atoms with Crippen LogP contribution in [0.5, 0.6) is 5.75 Å². The van der Waals surface area contributed by atoms with Gasteiger partial charge in [0, 0.05) is 44.8 Å². The van der Waals surface area contributed by atoms with Gasteiger partial charge in [-0.25, -0.2) is 8.42 Å². The zero-order chi connectivity index (χ0) is 24.3. The van der Waals surface area contributed by atoms with Gasteiger partial charge in [0.2, 0.25) is 10.0 Å². The first kappa shape index (κ1) is 25.6. The summed E-state index contributed by atoms with van der Waals surface area (Å²) in [6, 6.07) is 5.00. The largest absolute Gasteiger partial charge is 0.487 e. The Morgan fingerprint density at radius 2 is 2.00 bits per heavy atom. The van der Waals surface area contributed by atoms with E-state index in [9.17, 15) is 13.5 Å². The van der Waals surface area contributed by atoms with Crippen LogP contribution < -0.4 is 4.74 Å². The van der Waals surface area contributed by atoms with Gasteiger partial charge < -0.3 is 19.5 Å². The average Bonchev–Trinajstić information content (AvgIpc) is 3.36. The molecule has 1 fully saturated rings. The molecule has 7 nitrogen and oxygen atoms in total. The molecule has 0 bridgehead atoms. The van der Waals surface area contributed by atoms with Crippen LogP contribution in [0.4, 0.5) is 0 Å². The molecule has 1 aromatic rings. The number of benzene rings is 1. The quantitative estimate of drug-likeness (QED) is 0.629. The lowest BCUT2D eigenvalue weighted by atomic mass is 9.98. The number of ether oxygens (including phenoxy) is 2. The Labute approximate surface area is 204 Å². The van der Waals surface area contributed by atoms with Crippen molar-refractivity contribution in [1.82, 2.24) is 9.21 Å². The highest BCUT2D eigenvalue weighted by Gasteiger charge is 2.38. The van der Waals surface area contributed by atoms with Gasteiger partial charge in [-0.1, -0.05) is 19.1 Å². The predicted octanol–water partition coefficient (Wildman–Crippen LogP) is 3.38. The molecule has 0 unspecified atom stereocenters. The summed E-state index contributed by atoms with van der Waals surface area (Å²) in [6.45, 7) is 7.24. The van der Waals surface area contributed by atoms with Crippen molar-refractivity contribution in [3.63, 3.8) is 0 Å². The van der Waals surface area contributed by atoms with Crippen molar-refractivity contribution in [2.75, 3.05) is 46.5 Å². The molecule has 34 heavy (non-hydrogen) atoms. The van der Waals surface area contributed by atoms with Crippen molar-refractivity contribution >= 4 is 15.6 Å². The Bertz CT molecular complexity index is 973. The first-order chi connectivity index (χ1) is 16.3. The van der Waals surface area contributed by atoms with Crippen molar-refractivity contribution in [3.05, 3.63) is 29.8 Å². The molecule has 0 spiro atoms. The molecule has 2 aliphatic heterocycles. The molecule has 0 saturated carbocycles. The molecule has 3 atom stereocenters. The highest BCUT2D eigenvalue weighted by Crippen LogP contribution is 2.37. The lowest BCUT2D eigenvalue weighted by Gasteiger charge is -2.38. The summed E-state index contributed by atoms with van der Waals surface area (Å²) < 4.78 is 40.8. The Morgan fingerprint density at radius 1 is 1.24 bits per heavy atom. The van der Waals surface area contributed by atoms with E-state index in [2.05, 4.69) is 18.0 Å². The lowest BCUT2D eigenvalue weighted by molar-refractivity contribution is 0.0402. The minimum absolute atomic E-state index is 0.0385. The van der Waals surface area contributed by atoms with E-state index >= 15 is 0 Å². The van der Waals surface area contributed by atoms with E-state index in [0.717, 1.165) is 57.4 Å². The molecule has 1 N–H and O–H groups in total. The van der Waals surface area contributed by atoms with Crippen molar-refractivity contribution in [1.29, 1.82) is 0 Å². The third-order valence-electron chi connectivity index (χ3n) is 7.48. The fourth-order valence-electron chi connectivity index (χ4n) is 5.33. The average molecular weight is 493 g/mol. The van der Waals surface area contributed by atoms with Gasteiger partial charge in [-0.3, -0.25) is 0 Å². The number of likely N-dealkylation sites (N-methyl/N-ethyl adjacent to an activating group) is 1. The predicted molar refractivity (Wildman–Crippen MR) is 133 cm³/mol. The highest BCUT2D eigenvalue weighted by atomic mass is 32.2. The van der Waals surface area contributed by atoms with Crippen molar-refractivity contribution in [2.24, 2.45) is 11.8 Å². The summed E-state index contributed by atoms with van der Waals surface area (Å²) in [5, 5.41) is 9.83. The van der Waals surface area contributed by atoms with Crippen LogP contribution in [0.25, 0.3) is 5.57 Å². The molecule has 8 heteroatoms. The zero-order valence-corrected chi connectivity index (χ0v) is 21.6. The second-order valence-electron chi connectivity index (χ2n) is 10.3. The Balaban J connectivity index is 1.64. The molecule has 1 aromatic carbocycles. The number of allylic oxidation sites excluding steroid dienone is 2. The van der Waals surface area contributed by atoms with Gasteiger partial charge in [0.05, 0.1) is 6.61 Å². The normalized spacial score (nSPS) is 26.9. The number of aliphatic hydroxyl groups is 1. The second-order valence-corrected chi connectivity index (χ2v) is 12.2. The molecular weight excluding hydrogens is 452 g/mol. The topological polar surface area (TPSA) is 79.3 Å². The van der Waals surface area contributed by atoms with Crippen molar-refractivity contribution in [2.45, 2.75) is 63.0 Å². The van der Waals surface area contributed by atoms with Gasteiger partial charge in [0.1, 0.15) is 16.7 Å². The van der Waals surface area contributed by atoms with E-state index in [1.54, 1.807) is 13.0 Å². The molecule has 1 saturated heterocycles. The van der Waals surface area contributed by atoms with Gasteiger partial charge in [-0.2, -0.15) is 4.31 Å². The molecule has 4 rings (SSSR count). The van der Waals surface area contributed by atoms with Crippen LogP contribution in [-0.4, -0.2) is 81.4 Å². The fourth-order valence-corrected chi connectivity index (χ4v) is 7.15. The lowest BCUT2D eigenvalue weighted by Crippen LogP contribution is -2.50. The van der Waals surface area contributed by atoms with Crippen molar-refractivity contribution in [3.8, 4) is 5.75 Å². The van der Waals surface area contributed by atoms with Crippen LogP contribution in [0.2, 0.25) is 0 Å². The minimum atomic E-state index is -3.80. The van der Waals surface area contributed by atoms with Crippen LogP contribution in [-0.2, 0) is 14.8 Å². The minimum Gasteiger partial charge on any atom is -0.487 e. The summed E-state index contributed by atoms with van der Waals surface area (Å²) in [4.78, 5) is 2.51. The van der Waals surface area contributed by atoms with Crippen molar-refractivity contribution < 1.29 is 23.0 Å². The molecule has 0 radical (unpaired) electrons. The summed E-state index contributed by atoms with van der Waals surface area (Å²) in [7, 11) is -1.68. The van der Waals surface area contributed by atoms with Crippen LogP contribution in [0.3, 0.4) is 0 Å². The Hall–Kier alpha value is -1.45. The maximum atomic E-state index is 13.6. The fraction of sp³-hybridized carbons (Fsp3) is 0.692. The number of hydrogen-bond donors (Lipinski definition) is 1. The molecule has 0 amide bonds. The smallest absolute Gasteiger partial charge is 0.247 e. The molecule has 1 aliphatic carbocycles. The molecule has 0 aromatic heterocycles. The number of aliphatic hydroxyl groups excluding tert-OH is 1. The van der Waals surface area contributed by atoms with Gasteiger partial charge in [0.25, 0.3) is 0 Å². The zero-order valence-electron chi connectivity index (χ0n) is 20.8. The molecule has 3 aliphatic rings. The first-order valence-corrected chi connectivity index (χ1v) is 14.1. The van der Waals surface area contributed by atoms with Crippen LogP contribution in [0.15, 0.2) is 29.2 Å². The van der Waals surface area contributed by atoms with E-state index in [4.69, 9.17) is 9.47 Å². The summed E-state index contributed by atoms with van der Waals surface area (Å²) in [5.74, 6) is 1.00. The van der Waals surface area contributed by atoms with E-state index in [0.29, 0.717) is 24.8 Å². The molecule has 190 valence electrons. The maximum absolute atomic E-state index is 13.6. The SMILES string of the molecule is C[C@H]1CN([C@@H](C)CO)S(=O)(=O)c2ccc(C3=CCCC3)cc2O[C@@H]1CN(C)CC1CCOCC1. The van der Waals surface area contributed by atoms with E-state index in [1.807, 2.05) is 19.1 Å². The Morgan fingerprint density at radius 3 is 2.68 bits per heavy atom. The third kappa shape index (κ3) is 5.68. The van der Waals surface area contributed by atoms with Crippen LogP contribution in [0, 0.1) is 11.8 Å². The van der Waals surface area contributed by atoms with Crippen LogP contribution in [0.1, 0.15) is 51.5 Å². The Kier molecular flexibility index (Phi) is 8.36. The maximum Gasteiger partial charge on any atom is 0.247 e. The molecule has 2 heterocycles. The van der Waals surface area contributed by atoms with E-state index in [-0.39, 0.29) is 23.5 Å². The summed E-state index contributed by atoms with van der Waals surface area (Å²) in [6.07, 6.45) is 7.42. The molecular formula is C26H40N2O5S. The second kappa shape index (κ2) is 11.1. The van der Waals surface area contributed by atoms with E-state index in [1.165, 1.54) is 9.88 Å². The van der Waals surface area contributed by atoms with Crippen LogP contribution >= 0.6 is 0 Å². The summed E-state index contributed by atoms with van der Waals surface area (Å²) in [5.41, 5.74) is 2.29.